The van der Waals surface area contributed by atoms with Crippen molar-refractivity contribution < 1.29 is 9.21 Å². The fourth-order valence-electron chi connectivity index (χ4n) is 3.63. The minimum absolute atomic E-state index is 0.0500. The van der Waals surface area contributed by atoms with E-state index in [1.54, 1.807) is 30.6 Å². The number of hydrogen-bond acceptors (Lipinski definition) is 4. The predicted molar refractivity (Wildman–Crippen MR) is 104 cm³/mol. The zero-order chi connectivity index (χ0) is 18.6. The van der Waals surface area contributed by atoms with E-state index in [9.17, 15) is 9.59 Å². The van der Waals surface area contributed by atoms with Crippen LogP contribution in [-0.4, -0.2) is 22.5 Å². The SMILES string of the molecule is O=C(Nc1ccc2oc(=O)ccc2c1)N1CCCCC[C@H]1c1ccncc1. The van der Waals surface area contributed by atoms with E-state index in [0.717, 1.165) is 43.2 Å². The van der Waals surface area contributed by atoms with Gasteiger partial charge in [-0.2, -0.15) is 0 Å². The number of carbonyl (C=O) groups is 1. The van der Waals surface area contributed by atoms with E-state index >= 15 is 0 Å². The third-order valence-corrected chi connectivity index (χ3v) is 4.98. The number of aromatic nitrogens is 1. The summed E-state index contributed by atoms with van der Waals surface area (Å²) in [5.41, 5.74) is 1.91. The Morgan fingerprint density at radius 1 is 1.07 bits per heavy atom. The first-order valence-corrected chi connectivity index (χ1v) is 9.22. The largest absolute Gasteiger partial charge is 0.423 e. The molecule has 1 fully saturated rings. The van der Waals surface area contributed by atoms with Gasteiger partial charge < -0.3 is 14.6 Å². The fourth-order valence-corrected chi connectivity index (χ4v) is 3.63. The molecule has 3 heterocycles. The van der Waals surface area contributed by atoms with E-state index in [4.69, 9.17) is 4.42 Å². The number of urea groups is 1. The number of pyridine rings is 1. The molecule has 6 nitrogen and oxygen atoms in total. The Kier molecular flexibility index (Phi) is 4.87. The molecular weight excluding hydrogens is 342 g/mol. The van der Waals surface area contributed by atoms with Crippen molar-refractivity contribution in [3.63, 3.8) is 0 Å². The van der Waals surface area contributed by atoms with Crippen LogP contribution in [0.25, 0.3) is 11.0 Å². The molecule has 0 saturated carbocycles. The van der Waals surface area contributed by atoms with Gasteiger partial charge in [0.25, 0.3) is 0 Å². The van der Waals surface area contributed by atoms with Crippen molar-refractivity contribution in [3.05, 3.63) is 70.8 Å². The van der Waals surface area contributed by atoms with Crippen molar-refractivity contribution in [3.8, 4) is 0 Å². The van der Waals surface area contributed by atoms with Crippen LogP contribution in [0.2, 0.25) is 0 Å². The molecular formula is C21H21N3O3. The highest BCUT2D eigenvalue weighted by atomic mass is 16.4. The summed E-state index contributed by atoms with van der Waals surface area (Å²) in [5, 5.41) is 3.77. The summed E-state index contributed by atoms with van der Waals surface area (Å²) in [6.07, 6.45) is 7.71. The van der Waals surface area contributed by atoms with Crippen LogP contribution in [0, 0.1) is 0 Å². The van der Waals surface area contributed by atoms with Gasteiger partial charge in [0, 0.05) is 36.1 Å². The minimum atomic E-state index is -0.385. The molecule has 0 unspecified atom stereocenters. The quantitative estimate of drug-likeness (QED) is 0.687. The van der Waals surface area contributed by atoms with Crippen LogP contribution in [0.1, 0.15) is 37.3 Å². The highest BCUT2D eigenvalue weighted by Crippen LogP contribution is 2.30. The minimum Gasteiger partial charge on any atom is -0.423 e. The zero-order valence-corrected chi connectivity index (χ0v) is 14.9. The van der Waals surface area contributed by atoms with Crippen LogP contribution >= 0.6 is 0 Å². The number of benzene rings is 1. The third-order valence-electron chi connectivity index (χ3n) is 4.98. The first-order chi connectivity index (χ1) is 13.2. The molecule has 1 atom stereocenters. The number of hydrogen-bond donors (Lipinski definition) is 1. The van der Waals surface area contributed by atoms with Gasteiger partial charge in [0.1, 0.15) is 5.58 Å². The second-order valence-electron chi connectivity index (χ2n) is 6.78. The van der Waals surface area contributed by atoms with Gasteiger partial charge in [-0.3, -0.25) is 4.98 Å². The normalized spacial score (nSPS) is 17.5. The molecule has 1 N–H and O–H groups in total. The van der Waals surface area contributed by atoms with Gasteiger partial charge >= 0.3 is 11.7 Å². The molecule has 1 aliphatic heterocycles. The molecule has 3 aromatic rings. The molecule has 138 valence electrons. The van der Waals surface area contributed by atoms with Crippen LogP contribution in [-0.2, 0) is 0 Å². The van der Waals surface area contributed by atoms with Crippen molar-refractivity contribution in [1.82, 2.24) is 9.88 Å². The second-order valence-corrected chi connectivity index (χ2v) is 6.78. The number of nitrogens with zero attached hydrogens (tertiary/aromatic N) is 2. The second kappa shape index (κ2) is 7.61. The lowest BCUT2D eigenvalue weighted by Crippen LogP contribution is -2.38. The van der Waals surface area contributed by atoms with Crippen molar-refractivity contribution >= 4 is 22.7 Å². The first kappa shape index (κ1) is 17.3. The lowest BCUT2D eigenvalue weighted by molar-refractivity contribution is 0.189. The van der Waals surface area contributed by atoms with E-state index in [0.29, 0.717) is 11.3 Å². The smallest absolute Gasteiger partial charge is 0.336 e. The monoisotopic (exact) mass is 363 g/mol. The van der Waals surface area contributed by atoms with Gasteiger partial charge in [-0.1, -0.05) is 12.8 Å². The summed E-state index contributed by atoms with van der Waals surface area (Å²) in [6, 6.07) is 12.2. The lowest BCUT2D eigenvalue weighted by atomic mass is 10.0. The molecule has 2 aromatic heterocycles. The Balaban J connectivity index is 1.58. The van der Waals surface area contributed by atoms with Crippen LogP contribution in [0.3, 0.4) is 0 Å². The number of fused-ring (bicyclic) bond motifs is 1. The standard InChI is InChI=1S/C21H21N3O3/c25-20-8-5-16-14-17(6-7-19(16)27-20)23-21(26)24-13-3-1-2-4-18(24)15-9-11-22-12-10-15/h5-12,14,18H,1-4,13H2,(H,23,26)/t18-/m0/s1. The number of nitrogens with one attached hydrogen (secondary N) is 1. The van der Waals surface area contributed by atoms with Crippen molar-refractivity contribution in [2.45, 2.75) is 31.7 Å². The van der Waals surface area contributed by atoms with E-state index in [-0.39, 0.29) is 17.7 Å². The van der Waals surface area contributed by atoms with E-state index in [1.807, 2.05) is 23.1 Å². The Hall–Kier alpha value is -3.15. The molecule has 1 aliphatic rings. The molecule has 0 bridgehead atoms. The lowest BCUT2D eigenvalue weighted by Gasteiger charge is -2.30. The van der Waals surface area contributed by atoms with Gasteiger partial charge in [0.2, 0.25) is 0 Å². The van der Waals surface area contributed by atoms with E-state index < -0.39 is 0 Å². The Morgan fingerprint density at radius 3 is 2.78 bits per heavy atom. The van der Waals surface area contributed by atoms with Gasteiger partial charge in [-0.25, -0.2) is 9.59 Å². The molecule has 6 heteroatoms. The average molecular weight is 363 g/mol. The first-order valence-electron chi connectivity index (χ1n) is 9.22. The maximum Gasteiger partial charge on any atom is 0.336 e. The number of anilines is 1. The Morgan fingerprint density at radius 2 is 1.93 bits per heavy atom. The topological polar surface area (TPSA) is 75.4 Å². The maximum absolute atomic E-state index is 13.0. The molecule has 2 amide bonds. The molecule has 0 aliphatic carbocycles. The molecule has 0 spiro atoms. The number of amides is 2. The predicted octanol–water partition coefficient (Wildman–Crippen LogP) is 4.34. The molecule has 1 aromatic carbocycles. The van der Waals surface area contributed by atoms with Crippen molar-refractivity contribution in [1.29, 1.82) is 0 Å². The molecule has 0 radical (unpaired) electrons. The van der Waals surface area contributed by atoms with E-state index in [2.05, 4.69) is 10.3 Å². The Bertz CT molecular complexity index is 1000. The van der Waals surface area contributed by atoms with Crippen LogP contribution in [0.5, 0.6) is 0 Å². The molecule has 4 rings (SSSR count). The zero-order valence-electron chi connectivity index (χ0n) is 14.9. The van der Waals surface area contributed by atoms with Crippen LogP contribution in [0.4, 0.5) is 10.5 Å². The molecule has 27 heavy (non-hydrogen) atoms. The summed E-state index contributed by atoms with van der Waals surface area (Å²) >= 11 is 0. The number of likely N-dealkylation sites (tertiary alicyclic amines) is 1. The Labute approximate surface area is 156 Å². The van der Waals surface area contributed by atoms with Gasteiger partial charge in [-0.05, 0) is 54.8 Å². The van der Waals surface area contributed by atoms with Crippen molar-refractivity contribution in [2.75, 3.05) is 11.9 Å². The molecule has 1 saturated heterocycles. The maximum atomic E-state index is 13.0. The third kappa shape index (κ3) is 3.84. The van der Waals surface area contributed by atoms with Crippen LogP contribution in [0.15, 0.2) is 64.1 Å². The van der Waals surface area contributed by atoms with Gasteiger partial charge in [0.05, 0.1) is 6.04 Å². The summed E-state index contributed by atoms with van der Waals surface area (Å²) in [7, 11) is 0. The number of carbonyl (C=O) groups excluding carboxylic acids is 1. The summed E-state index contributed by atoms with van der Waals surface area (Å²) in [6.45, 7) is 0.723. The van der Waals surface area contributed by atoms with Crippen LogP contribution < -0.4 is 10.9 Å². The van der Waals surface area contributed by atoms with E-state index in [1.165, 1.54) is 6.07 Å². The average Bonchev–Trinajstić information content (AvgIpc) is 2.95. The fraction of sp³-hybridized carbons (Fsp3) is 0.286. The number of rotatable bonds is 2. The summed E-state index contributed by atoms with van der Waals surface area (Å²) in [5.74, 6) is 0. The summed E-state index contributed by atoms with van der Waals surface area (Å²) in [4.78, 5) is 30.3. The highest BCUT2D eigenvalue weighted by Gasteiger charge is 2.26. The van der Waals surface area contributed by atoms with Crippen molar-refractivity contribution in [2.24, 2.45) is 0 Å². The van der Waals surface area contributed by atoms with Gasteiger partial charge in [0.15, 0.2) is 0 Å². The summed E-state index contributed by atoms with van der Waals surface area (Å²) < 4.78 is 5.14. The van der Waals surface area contributed by atoms with Gasteiger partial charge in [-0.15, -0.1) is 0 Å². The highest BCUT2D eigenvalue weighted by molar-refractivity contribution is 5.92.